The first kappa shape index (κ1) is 36.4. The average molecular weight is 804 g/mol. The van der Waals surface area contributed by atoms with Crippen molar-refractivity contribution in [1.29, 1.82) is 0 Å². The van der Waals surface area contributed by atoms with Crippen LogP contribution in [0.3, 0.4) is 0 Å². The fraction of sp³-hybridized carbons (Fsp3) is 0. The van der Waals surface area contributed by atoms with Gasteiger partial charge >= 0.3 is 0 Å². The summed E-state index contributed by atoms with van der Waals surface area (Å²) in [6.07, 6.45) is 0. The molecule has 0 spiro atoms. The van der Waals surface area contributed by atoms with E-state index in [0.29, 0.717) is 5.82 Å². The third-order valence-electron chi connectivity index (χ3n) is 12.1. The van der Waals surface area contributed by atoms with Crippen LogP contribution in [0.15, 0.2) is 229 Å². The zero-order valence-corrected chi connectivity index (χ0v) is 34.1. The molecule has 12 rings (SSSR count). The van der Waals surface area contributed by atoms with Gasteiger partial charge in [-0.2, -0.15) is 0 Å². The first-order valence-corrected chi connectivity index (χ1v) is 21.3. The van der Waals surface area contributed by atoms with E-state index in [1.165, 1.54) is 5.39 Å². The SMILES string of the molecule is c1ccc(-c2nc(-c3ccccc3)c(-c3ccc(-c4ccc(-c5nc6ccccc6c6c(-c7ccccc7)c7c(cc56)oc5ccccc57)cc4)cc3)c(-c3ccccc3)n2)cc1. The first-order chi connectivity index (χ1) is 31.2. The number of hydrogen-bond donors (Lipinski definition) is 0. The molecule has 0 aliphatic carbocycles. The third-order valence-corrected chi connectivity index (χ3v) is 12.1. The minimum absolute atomic E-state index is 0.695. The van der Waals surface area contributed by atoms with Crippen LogP contribution in [-0.4, -0.2) is 15.0 Å². The normalized spacial score (nSPS) is 11.5. The highest BCUT2D eigenvalue weighted by molar-refractivity contribution is 6.27. The molecular weight excluding hydrogens is 767 g/mol. The van der Waals surface area contributed by atoms with Crippen LogP contribution in [0.25, 0.3) is 122 Å². The standard InChI is InChI=1S/C59H37N3O/c1-5-17-40(18-6-1)52-54-46-25-13-15-27-49(46)60-56(48(54)37-51-55(52)47-26-14-16-28-50(47)63-51)44-35-31-39(32-36-44)38-29-33-41(34-30-38)53-57(42-19-7-2-8-20-42)61-59(45-23-11-4-12-24-45)62-58(53)43-21-9-3-10-22-43/h1-37H. The van der Waals surface area contributed by atoms with E-state index in [0.717, 1.165) is 111 Å². The summed E-state index contributed by atoms with van der Waals surface area (Å²) in [5.74, 6) is 0.695. The summed E-state index contributed by atoms with van der Waals surface area (Å²) in [5, 5.41) is 5.57. The molecule has 0 radical (unpaired) electrons. The highest BCUT2D eigenvalue weighted by Gasteiger charge is 2.23. The molecule has 63 heavy (non-hydrogen) atoms. The van der Waals surface area contributed by atoms with Crippen molar-refractivity contribution < 1.29 is 4.42 Å². The van der Waals surface area contributed by atoms with E-state index < -0.39 is 0 Å². The van der Waals surface area contributed by atoms with Crippen molar-refractivity contribution >= 4 is 43.6 Å². The minimum atomic E-state index is 0.695. The molecule has 294 valence electrons. The van der Waals surface area contributed by atoms with Crippen molar-refractivity contribution in [1.82, 2.24) is 15.0 Å². The van der Waals surface area contributed by atoms with Crippen LogP contribution < -0.4 is 0 Å². The summed E-state index contributed by atoms with van der Waals surface area (Å²) >= 11 is 0. The highest BCUT2D eigenvalue weighted by atomic mass is 16.3. The van der Waals surface area contributed by atoms with Gasteiger partial charge in [0.15, 0.2) is 5.82 Å². The number of hydrogen-bond acceptors (Lipinski definition) is 4. The lowest BCUT2D eigenvalue weighted by Crippen LogP contribution is -2.00. The van der Waals surface area contributed by atoms with Crippen LogP contribution in [0.2, 0.25) is 0 Å². The molecule has 0 atom stereocenters. The third kappa shape index (κ3) is 6.36. The van der Waals surface area contributed by atoms with Crippen molar-refractivity contribution in [3.05, 3.63) is 224 Å². The maximum absolute atomic E-state index is 6.60. The number of rotatable bonds is 7. The van der Waals surface area contributed by atoms with Crippen LogP contribution in [0.4, 0.5) is 0 Å². The fourth-order valence-corrected chi connectivity index (χ4v) is 9.14. The molecule has 0 fully saturated rings. The number of benzene rings is 9. The molecule has 9 aromatic carbocycles. The van der Waals surface area contributed by atoms with Crippen molar-refractivity contribution in [3.63, 3.8) is 0 Å². The Morgan fingerprint density at radius 2 is 0.714 bits per heavy atom. The van der Waals surface area contributed by atoms with E-state index in [-0.39, 0.29) is 0 Å². The van der Waals surface area contributed by atoms with E-state index in [1.807, 2.05) is 36.4 Å². The topological polar surface area (TPSA) is 51.8 Å². The van der Waals surface area contributed by atoms with Gasteiger partial charge in [0.25, 0.3) is 0 Å². The molecule has 0 bridgehead atoms. The molecule has 4 heteroatoms. The van der Waals surface area contributed by atoms with E-state index in [2.05, 4.69) is 188 Å². The Labute approximate surface area is 364 Å². The summed E-state index contributed by atoms with van der Waals surface area (Å²) in [6.45, 7) is 0. The van der Waals surface area contributed by atoms with Gasteiger partial charge in [-0.1, -0.05) is 206 Å². The summed E-state index contributed by atoms with van der Waals surface area (Å²) in [5.41, 5.74) is 16.1. The number of pyridine rings is 1. The molecule has 3 aromatic heterocycles. The maximum atomic E-state index is 6.60. The number of furan rings is 1. The monoisotopic (exact) mass is 803 g/mol. The number of para-hydroxylation sites is 2. The Hall–Kier alpha value is -8.47. The van der Waals surface area contributed by atoms with E-state index >= 15 is 0 Å². The number of fused-ring (bicyclic) bond motifs is 6. The summed E-state index contributed by atoms with van der Waals surface area (Å²) in [4.78, 5) is 15.9. The Kier molecular flexibility index (Phi) is 8.79. The molecule has 0 saturated heterocycles. The van der Waals surface area contributed by atoms with Crippen LogP contribution in [-0.2, 0) is 0 Å². The van der Waals surface area contributed by atoms with Gasteiger partial charge in [-0.15, -0.1) is 0 Å². The van der Waals surface area contributed by atoms with Crippen molar-refractivity contribution in [3.8, 4) is 78.5 Å². The second-order valence-corrected chi connectivity index (χ2v) is 15.9. The fourth-order valence-electron chi connectivity index (χ4n) is 9.14. The predicted octanol–water partition coefficient (Wildman–Crippen LogP) is 15.7. The van der Waals surface area contributed by atoms with E-state index in [9.17, 15) is 0 Å². The van der Waals surface area contributed by atoms with Gasteiger partial charge in [-0.3, -0.25) is 0 Å². The highest BCUT2D eigenvalue weighted by Crippen LogP contribution is 2.47. The Morgan fingerprint density at radius 3 is 1.32 bits per heavy atom. The molecular formula is C59H37N3O. The van der Waals surface area contributed by atoms with Gasteiger partial charge in [0, 0.05) is 60.3 Å². The zero-order valence-electron chi connectivity index (χ0n) is 34.1. The molecule has 0 saturated carbocycles. The lowest BCUT2D eigenvalue weighted by atomic mass is 9.89. The van der Waals surface area contributed by atoms with Crippen molar-refractivity contribution in [2.24, 2.45) is 0 Å². The van der Waals surface area contributed by atoms with E-state index in [4.69, 9.17) is 19.4 Å². The molecule has 12 aromatic rings. The number of aromatic nitrogens is 3. The van der Waals surface area contributed by atoms with Gasteiger partial charge in [0.2, 0.25) is 0 Å². The summed E-state index contributed by atoms with van der Waals surface area (Å²) < 4.78 is 6.60. The second kappa shape index (κ2) is 15.2. The van der Waals surface area contributed by atoms with Crippen LogP contribution in [0.5, 0.6) is 0 Å². The van der Waals surface area contributed by atoms with Gasteiger partial charge in [-0.05, 0) is 40.5 Å². The van der Waals surface area contributed by atoms with Crippen molar-refractivity contribution in [2.45, 2.75) is 0 Å². The predicted molar refractivity (Wildman–Crippen MR) is 260 cm³/mol. The van der Waals surface area contributed by atoms with Gasteiger partial charge in [-0.25, -0.2) is 15.0 Å². The number of nitrogens with zero attached hydrogens (tertiary/aromatic N) is 3. The lowest BCUT2D eigenvalue weighted by molar-refractivity contribution is 0.669. The first-order valence-electron chi connectivity index (χ1n) is 21.3. The molecule has 0 aliphatic heterocycles. The molecule has 0 amide bonds. The molecule has 4 nitrogen and oxygen atoms in total. The lowest BCUT2D eigenvalue weighted by Gasteiger charge is -2.17. The Bertz CT molecular complexity index is 3560. The zero-order chi connectivity index (χ0) is 41.7. The molecule has 0 N–H and O–H groups in total. The molecule has 3 heterocycles. The van der Waals surface area contributed by atoms with Crippen LogP contribution in [0.1, 0.15) is 0 Å². The van der Waals surface area contributed by atoms with Gasteiger partial charge in [0.1, 0.15) is 11.2 Å². The Balaban J connectivity index is 0.989. The van der Waals surface area contributed by atoms with Gasteiger partial charge in [0.05, 0.1) is 22.6 Å². The Morgan fingerprint density at radius 1 is 0.270 bits per heavy atom. The van der Waals surface area contributed by atoms with Gasteiger partial charge < -0.3 is 4.42 Å². The molecule has 0 unspecified atom stereocenters. The van der Waals surface area contributed by atoms with E-state index in [1.54, 1.807) is 0 Å². The molecule has 0 aliphatic rings. The largest absolute Gasteiger partial charge is 0.456 e. The second-order valence-electron chi connectivity index (χ2n) is 15.9. The quantitative estimate of drug-likeness (QED) is 0.151. The van der Waals surface area contributed by atoms with Crippen LogP contribution >= 0.6 is 0 Å². The maximum Gasteiger partial charge on any atom is 0.160 e. The van der Waals surface area contributed by atoms with Crippen LogP contribution in [0, 0.1) is 0 Å². The smallest absolute Gasteiger partial charge is 0.160 e. The average Bonchev–Trinajstić information content (AvgIpc) is 3.74. The summed E-state index contributed by atoms with van der Waals surface area (Å²) in [7, 11) is 0. The van der Waals surface area contributed by atoms with Crippen molar-refractivity contribution in [2.75, 3.05) is 0 Å². The summed E-state index contributed by atoms with van der Waals surface area (Å²) in [6, 6.07) is 78.4. The minimum Gasteiger partial charge on any atom is -0.456 e.